The first-order valence-electron chi connectivity index (χ1n) is 10.1. The van der Waals surface area contributed by atoms with E-state index in [1.54, 1.807) is 37.4 Å². The number of methoxy groups -OCH3 is 2. The molecule has 0 radical (unpaired) electrons. The second-order valence-corrected chi connectivity index (χ2v) is 7.53. The Kier molecular flexibility index (Phi) is 6.01. The number of hydrogen-bond acceptors (Lipinski definition) is 7. The molecule has 162 valence electrons. The Bertz CT molecular complexity index is 1220. The minimum absolute atomic E-state index is 0.0998. The lowest BCUT2D eigenvalue weighted by atomic mass is 10.1. The summed E-state index contributed by atoms with van der Waals surface area (Å²) in [6, 6.07) is 13.2. The van der Waals surface area contributed by atoms with E-state index in [0.717, 1.165) is 17.0 Å². The second kappa shape index (κ2) is 9.04. The molecule has 0 spiro atoms. The number of anilines is 2. The highest BCUT2D eigenvalue weighted by atomic mass is 16.5. The van der Waals surface area contributed by atoms with Crippen molar-refractivity contribution in [3.05, 3.63) is 76.4 Å². The molecule has 0 saturated carbocycles. The van der Waals surface area contributed by atoms with Gasteiger partial charge < -0.3 is 19.7 Å². The summed E-state index contributed by atoms with van der Waals surface area (Å²) in [6.07, 6.45) is 2.26. The molecular weight excluding hydrogens is 406 g/mol. The number of carbonyl (C=O) groups is 1. The van der Waals surface area contributed by atoms with Gasteiger partial charge in [-0.3, -0.25) is 14.8 Å². The van der Waals surface area contributed by atoms with Gasteiger partial charge in [0.2, 0.25) is 0 Å². The van der Waals surface area contributed by atoms with Crippen molar-refractivity contribution in [3.8, 4) is 11.8 Å². The van der Waals surface area contributed by atoms with Crippen molar-refractivity contribution in [2.75, 3.05) is 26.6 Å². The summed E-state index contributed by atoms with van der Waals surface area (Å²) >= 11 is 0. The van der Waals surface area contributed by atoms with E-state index in [-0.39, 0.29) is 5.91 Å². The van der Waals surface area contributed by atoms with Crippen LogP contribution in [0.25, 0.3) is 0 Å². The molecule has 4 rings (SSSR count). The number of nitrogens with one attached hydrogen (secondary N) is 1. The van der Waals surface area contributed by atoms with Gasteiger partial charge in [-0.25, -0.2) is 0 Å². The number of hydrogen-bond donors (Lipinski definition) is 1. The van der Waals surface area contributed by atoms with E-state index in [1.807, 2.05) is 24.3 Å². The third-order valence-corrected chi connectivity index (χ3v) is 5.26. The number of fused-ring (bicyclic) bond motifs is 1. The zero-order valence-corrected chi connectivity index (χ0v) is 18.2. The Balaban J connectivity index is 1.74. The van der Waals surface area contributed by atoms with Crippen LogP contribution in [0.5, 0.6) is 5.75 Å². The summed E-state index contributed by atoms with van der Waals surface area (Å²) < 4.78 is 10.7. The molecule has 0 saturated heterocycles. The fourth-order valence-corrected chi connectivity index (χ4v) is 3.84. The Labute approximate surface area is 186 Å². The van der Waals surface area contributed by atoms with Crippen LogP contribution in [0.4, 0.5) is 11.4 Å². The molecule has 3 heterocycles. The number of carbonyl (C=O) groups excluding carboxylic acids is 1. The fraction of sp³-hybridized carbons (Fsp3) is 0.250. The standard InChI is InChI=1S/C24H23N5O3/c1-29-13-21-22(24(29)30)20(28-19-6-4-5-16(12-25)23(19)32-3)11-18(27-21)10-17-9-15(14-31-2)7-8-26-17/h4-9,11H,10,13-14H2,1-3H3,(H,27,28). The zero-order chi connectivity index (χ0) is 22.7. The number of aromatic nitrogens is 2. The van der Waals surface area contributed by atoms with Gasteiger partial charge in [0.25, 0.3) is 5.91 Å². The predicted molar refractivity (Wildman–Crippen MR) is 119 cm³/mol. The summed E-state index contributed by atoms with van der Waals surface area (Å²) in [6.45, 7) is 0.942. The van der Waals surface area contributed by atoms with Crippen molar-refractivity contribution >= 4 is 17.3 Å². The normalized spacial score (nSPS) is 12.4. The smallest absolute Gasteiger partial charge is 0.257 e. The van der Waals surface area contributed by atoms with Gasteiger partial charge in [-0.2, -0.15) is 5.26 Å². The van der Waals surface area contributed by atoms with E-state index in [1.165, 1.54) is 7.11 Å². The van der Waals surface area contributed by atoms with Gasteiger partial charge in [-0.15, -0.1) is 0 Å². The lowest BCUT2D eigenvalue weighted by molar-refractivity contribution is 0.0817. The number of para-hydroxylation sites is 1. The second-order valence-electron chi connectivity index (χ2n) is 7.53. The molecule has 8 heteroatoms. The van der Waals surface area contributed by atoms with Gasteiger partial charge in [0, 0.05) is 38.2 Å². The monoisotopic (exact) mass is 429 g/mol. The lowest BCUT2D eigenvalue weighted by Crippen LogP contribution is -2.18. The third kappa shape index (κ3) is 4.11. The molecule has 1 N–H and O–H groups in total. The average Bonchev–Trinajstić information content (AvgIpc) is 3.07. The fourth-order valence-electron chi connectivity index (χ4n) is 3.84. The summed E-state index contributed by atoms with van der Waals surface area (Å²) in [5.41, 5.74) is 5.56. The Morgan fingerprint density at radius 3 is 2.78 bits per heavy atom. The molecule has 1 aliphatic heterocycles. The molecule has 1 amide bonds. The number of amides is 1. The van der Waals surface area contributed by atoms with E-state index in [4.69, 9.17) is 14.5 Å². The van der Waals surface area contributed by atoms with Crippen molar-refractivity contribution in [2.24, 2.45) is 0 Å². The molecule has 0 fully saturated rings. The molecule has 2 aromatic heterocycles. The topological polar surface area (TPSA) is 100 Å². The lowest BCUT2D eigenvalue weighted by Gasteiger charge is -2.15. The third-order valence-electron chi connectivity index (χ3n) is 5.26. The number of nitriles is 1. The van der Waals surface area contributed by atoms with Crippen LogP contribution in [0.2, 0.25) is 0 Å². The largest absolute Gasteiger partial charge is 0.493 e. The molecular formula is C24H23N5O3. The molecule has 1 aromatic carbocycles. The van der Waals surface area contributed by atoms with Crippen LogP contribution in [0.1, 0.15) is 38.6 Å². The van der Waals surface area contributed by atoms with Crippen LogP contribution in [-0.4, -0.2) is 42.0 Å². The van der Waals surface area contributed by atoms with E-state index in [2.05, 4.69) is 16.4 Å². The van der Waals surface area contributed by atoms with Crippen LogP contribution < -0.4 is 10.1 Å². The molecule has 0 aliphatic carbocycles. The van der Waals surface area contributed by atoms with E-state index < -0.39 is 0 Å². The minimum Gasteiger partial charge on any atom is -0.493 e. The molecule has 0 unspecified atom stereocenters. The SMILES string of the molecule is COCc1ccnc(Cc2cc(Nc3cccc(C#N)c3OC)c3c(n2)CN(C)C3=O)c1. The highest BCUT2D eigenvalue weighted by Crippen LogP contribution is 2.35. The van der Waals surface area contributed by atoms with Gasteiger partial charge in [0.1, 0.15) is 6.07 Å². The maximum atomic E-state index is 12.8. The molecule has 1 aliphatic rings. The molecule has 32 heavy (non-hydrogen) atoms. The van der Waals surface area contributed by atoms with Crippen LogP contribution in [0.15, 0.2) is 42.6 Å². The maximum absolute atomic E-state index is 12.8. The van der Waals surface area contributed by atoms with Gasteiger partial charge in [0.15, 0.2) is 5.75 Å². The summed E-state index contributed by atoms with van der Waals surface area (Å²) in [4.78, 5) is 23.6. The van der Waals surface area contributed by atoms with E-state index in [0.29, 0.717) is 53.5 Å². The molecule has 8 nitrogen and oxygen atoms in total. The van der Waals surface area contributed by atoms with E-state index in [9.17, 15) is 10.1 Å². The summed E-state index contributed by atoms with van der Waals surface area (Å²) in [7, 11) is 4.92. The van der Waals surface area contributed by atoms with Crippen molar-refractivity contribution < 1.29 is 14.3 Å². The van der Waals surface area contributed by atoms with Crippen LogP contribution in [0, 0.1) is 11.3 Å². The number of nitrogens with zero attached hydrogens (tertiary/aromatic N) is 4. The first-order chi connectivity index (χ1) is 15.5. The number of benzene rings is 1. The van der Waals surface area contributed by atoms with Gasteiger partial charge in [0.05, 0.1) is 48.5 Å². The van der Waals surface area contributed by atoms with Crippen molar-refractivity contribution in [1.29, 1.82) is 5.26 Å². The van der Waals surface area contributed by atoms with Crippen LogP contribution in [-0.2, 0) is 24.3 Å². The highest BCUT2D eigenvalue weighted by Gasteiger charge is 2.30. The Hall–Kier alpha value is -3.96. The number of rotatable bonds is 7. The molecule has 0 bridgehead atoms. The van der Waals surface area contributed by atoms with Gasteiger partial charge in [-0.05, 0) is 35.9 Å². The Morgan fingerprint density at radius 2 is 2.03 bits per heavy atom. The first-order valence-corrected chi connectivity index (χ1v) is 10.1. The average molecular weight is 429 g/mol. The number of ether oxygens (including phenoxy) is 2. The maximum Gasteiger partial charge on any atom is 0.257 e. The highest BCUT2D eigenvalue weighted by molar-refractivity contribution is 6.03. The predicted octanol–water partition coefficient (Wildman–Crippen LogP) is 3.42. The van der Waals surface area contributed by atoms with Crippen LogP contribution >= 0.6 is 0 Å². The zero-order valence-electron chi connectivity index (χ0n) is 18.2. The molecule has 0 atom stereocenters. The first kappa shape index (κ1) is 21.3. The quantitative estimate of drug-likeness (QED) is 0.614. The summed E-state index contributed by atoms with van der Waals surface area (Å²) in [5, 5.41) is 12.7. The van der Waals surface area contributed by atoms with E-state index >= 15 is 0 Å². The van der Waals surface area contributed by atoms with Crippen molar-refractivity contribution in [2.45, 2.75) is 19.6 Å². The minimum atomic E-state index is -0.0998. The summed E-state index contributed by atoms with van der Waals surface area (Å²) in [5.74, 6) is 0.326. The Morgan fingerprint density at radius 1 is 1.19 bits per heavy atom. The van der Waals surface area contributed by atoms with Crippen molar-refractivity contribution in [3.63, 3.8) is 0 Å². The van der Waals surface area contributed by atoms with Gasteiger partial charge >= 0.3 is 0 Å². The van der Waals surface area contributed by atoms with Crippen LogP contribution in [0.3, 0.4) is 0 Å². The van der Waals surface area contributed by atoms with Gasteiger partial charge in [-0.1, -0.05) is 6.07 Å². The number of pyridine rings is 2. The molecule has 3 aromatic rings. The van der Waals surface area contributed by atoms with Crippen molar-refractivity contribution in [1.82, 2.24) is 14.9 Å².